The van der Waals surface area contributed by atoms with Crippen molar-refractivity contribution in [1.29, 1.82) is 0 Å². The van der Waals surface area contributed by atoms with Gasteiger partial charge in [-0.3, -0.25) is 0 Å². The molecule has 0 aliphatic rings. The Balaban J connectivity index is 1.80. The molecule has 0 fully saturated rings. The zero-order chi connectivity index (χ0) is 16.2. The maximum absolute atomic E-state index is 3.82. The number of rotatable bonds is 4. The quantitative estimate of drug-likeness (QED) is 0.502. The molecular formula is C22H18NP. The molecule has 116 valence electrons. The minimum atomic E-state index is -0.650. The molecule has 0 aliphatic carbocycles. The molecule has 0 radical (unpaired) electrons. The van der Waals surface area contributed by atoms with Crippen molar-refractivity contribution in [3.05, 3.63) is 103 Å². The number of anilines is 1. The van der Waals surface area contributed by atoms with Gasteiger partial charge in [-0.2, -0.15) is 0 Å². The van der Waals surface area contributed by atoms with Crippen LogP contribution in [-0.2, 0) is 0 Å². The van der Waals surface area contributed by atoms with Crippen molar-refractivity contribution in [3.8, 4) is 0 Å². The van der Waals surface area contributed by atoms with Crippen molar-refractivity contribution in [2.45, 2.75) is 0 Å². The van der Waals surface area contributed by atoms with E-state index in [2.05, 4.69) is 108 Å². The standard InChI is InChI=1S/C22H18NP/c1-3-12-19(13-4-1)24(20-14-5-2-6-15-20)23-22-17-9-11-18-10-7-8-16-21(18)22/h1-17,23H. The summed E-state index contributed by atoms with van der Waals surface area (Å²) in [5, 5.41) is 9.00. The van der Waals surface area contributed by atoms with E-state index in [4.69, 9.17) is 0 Å². The number of benzene rings is 4. The van der Waals surface area contributed by atoms with Crippen LogP contribution in [0.2, 0.25) is 0 Å². The largest absolute Gasteiger partial charge is 0.356 e. The minimum absolute atomic E-state index is 0.650. The molecule has 4 rings (SSSR count). The highest BCUT2D eigenvalue weighted by molar-refractivity contribution is 7.74. The predicted molar refractivity (Wildman–Crippen MR) is 107 cm³/mol. The smallest absolute Gasteiger partial charge is 0.0522 e. The molecule has 4 aromatic carbocycles. The van der Waals surface area contributed by atoms with E-state index in [0.29, 0.717) is 0 Å². The van der Waals surface area contributed by atoms with Crippen LogP contribution in [0.4, 0.5) is 5.69 Å². The Hall–Kier alpha value is -2.63. The molecule has 24 heavy (non-hydrogen) atoms. The van der Waals surface area contributed by atoms with Gasteiger partial charge in [-0.25, -0.2) is 0 Å². The third kappa shape index (κ3) is 3.04. The Morgan fingerprint density at radius 1 is 0.500 bits per heavy atom. The Labute approximate surface area is 143 Å². The van der Waals surface area contributed by atoms with Crippen LogP contribution in [0.5, 0.6) is 0 Å². The van der Waals surface area contributed by atoms with Crippen LogP contribution in [-0.4, -0.2) is 0 Å². The van der Waals surface area contributed by atoms with Gasteiger partial charge in [-0.1, -0.05) is 97.1 Å². The summed E-state index contributed by atoms with van der Waals surface area (Å²) in [5.41, 5.74) is 1.19. The molecule has 0 spiro atoms. The number of fused-ring (bicyclic) bond motifs is 1. The maximum atomic E-state index is 3.82. The van der Waals surface area contributed by atoms with Crippen molar-refractivity contribution in [1.82, 2.24) is 0 Å². The first-order valence-electron chi connectivity index (χ1n) is 8.06. The monoisotopic (exact) mass is 327 g/mol. The summed E-state index contributed by atoms with van der Waals surface area (Å²) in [7, 11) is -0.650. The molecule has 0 saturated carbocycles. The average molecular weight is 327 g/mol. The molecule has 1 N–H and O–H groups in total. The summed E-state index contributed by atoms with van der Waals surface area (Å²) >= 11 is 0. The van der Waals surface area contributed by atoms with Crippen molar-refractivity contribution in [3.63, 3.8) is 0 Å². The predicted octanol–water partition coefficient (Wildman–Crippen LogP) is 5.30. The minimum Gasteiger partial charge on any atom is -0.356 e. The lowest BCUT2D eigenvalue weighted by molar-refractivity contribution is 1.70. The number of hydrogen-bond acceptors (Lipinski definition) is 1. The van der Waals surface area contributed by atoms with Gasteiger partial charge < -0.3 is 5.09 Å². The third-order valence-corrected chi connectivity index (χ3v) is 6.14. The van der Waals surface area contributed by atoms with Gasteiger partial charge in [0, 0.05) is 21.7 Å². The molecule has 0 amide bonds. The average Bonchev–Trinajstić information content (AvgIpc) is 2.67. The zero-order valence-corrected chi connectivity index (χ0v) is 14.2. The van der Waals surface area contributed by atoms with E-state index in [1.54, 1.807) is 0 Å². The van der Waals surface area contributed by atoms with E-state index in [9.17, 15) is 0 Å². The Bertz CT molecular complexity index is 891. The van der Waals surface area contributed by atoms with Crippen LogP contribution in [0.3, 0.4) is 0 Å². The first-order valence-corrected chi connectivity index (χ1v) is 9.41. The molecule has 0 saturated heterocycles. The van der Waals surface area contributed by atoms with Gasteiger partial charge in [0.1, 0.15) is 0 Å². The molecule has 0 unspecified atom stereocenters. The normalized spacial score (nSPS) is 10.9. The fourth-order valence-corrected chi connectivity index (χ4v) is 4.81. The van der Waals surface area contributed by atoms with Gasteiger partial charge in [0.05, 0.1) is 8.07 Å². The lowest BCUT2D eigenvalue weighted by Crippen LogP contribution is -2.17. The number of hydrogen-bond donors (Lipinski definition) is 1. The first kappa shape index (κ1) is 14.9. The molecule has 0 bridgehead atoms. The van der Waals surface area contributed by atoms with Crippen LogP contribution < -0.4 is 15.7 Å². The summed E-state index contributed by atoms with van der Waals surface area (Å²) in [6, 6.07) is 36.4. The second kappa shape index (κ2) is 6.86. The summed E-state index contributed by atoms with van der Waals surface area (Å²) in [6.07, 6.45) is 0. The van der Waals surface area contributed by atoms with Crippen molar-refractivity contribution < 1.29 is 0 Å². The molecule has 0 aromatic heterocycles. The van der Waals surface area contributed by atoms with Gasteiger partial charge in [-0.15, -0.1) is 0 Å². The van der Waals surface area contributed by atoms with Gasteiger partial charge in [0.2, 0.25) is 0 Å². The van der Waals surface area contributed by atoms with E-state index in [0.717, 1.165) is 0 Å². The van der Waals surface area contributed by atoms with Gasteiger partial charge in [0.25, 0.3) is 0 Å². The second-order valence-corrected chi connectivity index (χ2v) is 7.57. The van der Waals surface area contributed by atoms with E-state index >= 15 is 0 Å². The highest BCUT2D eigenvalue weighted by atomic mass is 31.1. The Kier molecular flexibility index (Phi) is 4.27. The van der Waals surface area contributed by atoms with Crippen LogP contribution in [0.15, 0.2) is 103 Å². The van der Waals surface area contributed by atoms with Crippen LogP contribution in [0, 0.1) is 0 Å². The van der Waals surface area contributed by atoms with Crippen molar-refractivity contribution in [2.24, 2.45) is 0 Å². The number of nitrogens with one attached hydrogen (secondary N) is 1. The van der Waals surface area contributed by atoms with E-state index < -0.39 is 8.07 Å². The van der Waals surface area contributed by atoms with Crippen molar-refractivity contribution in [2.75, 3.05) is 5.09 Å². The van der Waals surface area contributed by atoms with Crippen LogP contribution in [0.1, 0.15) is 0 Å². The molecule has 4 aromatic rings. The highest BCUT2D eigenvalue weighted by Gasteiger charge is 2.14. The molecule has 0 aliphatic heterocycles. The SMILES string of the molecule is c1ccc(P(Nc2cccc3ccccc23)c2ccccc2)cc1. The lowest BCUT2D eigenvalue weighted by atomic mass is 10.1. The third-order valence-electron chi connectivity index (χ3n) is 4.05. The topological polar surface area (TPSA) is 12.0 Å². The molecule has 0 heterocycles. The van der Waals surface area contributed by atoms with Gasteiger partial charge >= 0.3 is 0 Å². The lowest BCUT2D eigenvalue weighted by Gasteiger charge is -2.22. The van der Waals surface area contributed by atoms with Crippen LogP contribution in [0.25, 0.3) is 10.8 Å². The summed E-state index contributed by atoms with van der Waals surface area (Å²) < 4.78 is 0. The first-order chi connectivity index (χ1) is 11.9. The second-order valence-electron chi connectivity index (χ2n) is 5.65. The fourth-order valence-electron chi connectivity index (χ4n) is 2.88. The Morgan fingerprint density at radius 3 is 1.71 bits per heavy atom. The van der Waals surface area contributed by atoms with E-state index in [-0.39, 0.29) is 0 Å². The maximum Gasteiger partial charge on any atom is 0.0522 e. The highest BCUT2D eigenvalue weighted by Crippen LogP contribution is 2.37. The molecule has 1 nitrogen and oxygen atoms in total. The van der Waals surface area contributed by atoms with E-state index in [1.165, 1.54) is 27.1 Å². The van der Waals surface area contributed by atoms with Gasteiger partial charge in [-0.05, 0) is 11.5 Å². The molecular weight excluding hydrogens is 309 g/mol. The summed E-state index contributed by atoms with van der Waals surface area (Å²) in [5.74, 6) is 0. The van der Waals surface area contributed by atoms with Crippen molar-refractivity contribution >= 4 is 35.1 Å². The summed E-state index contributed by atoms with van der Waals surface area (Å²) in [6.45, 7) is 0. The van der Waals surface area contributed by atoms with Gasteiger partial charge in [0.15, 0.2) is 0 Å². The van der Waals surface area contributed by atoms with Crippen LogP contribution >= 0.6 is 8.07 Å². The molecule has 0 atom stereocenters. The Morgan fingerprint density at radius 2 is 1.04 bits per heavy atom. The summed E-state index contributed by atoms with van der Waals surface area (Å²) in [4.78, 5) is 0. The fraction of sp³-hybridized carbons (Fsp3) is 0. The van der Waals surface area contributed by atoms with E-state index in [1.807, 2.05) is 0 Å². The molecule has 2 heteroatoms. The zero-order valence-electron chi connectivity index (χ0n) is 13.3.